The van der Waals surface area contributed by atoms with Crippen molar-refractivity contribution in [3.8, 4) is 0 Å². The topological polar surface area (TPSA) is 49.4 Å². The van der Waals surface area contributed by atoms with Gasteiger partial charge in [-0.1, -0.05) is 24.3 Å². The fourth-order valence-corrected chi connectivity index (χ4v) is 3.09. The summed E-state index contributed by atoms with van der Waals surface area (Å²) in [6.45, 7) is 4.63. The highest BCUT2D eigenvalue weighted by Gasteiger charge is 2.39. The van der Waals surface area contributed by atoms with Crippen LogP contribution in [0.2, 0.25) is 0 Å². The molecule has 0 saturated carbocycles. The molecule has 1 aromatic rings. The Hall–Kier alpha value is -1.84. The minimum atomic E-state index is -0.168. The Morgan fingerprint density at radius 2 is 2.10 bits per heavy atom. The number of likely N-dealkylation sites (tertiary alicyclic amines) is 1. The molecule has 0 bridgehead atoms. The Bertz CT molecular complexity index is 513. The van der Waals surface area contributed by atoms with Crippen molar-refractivity contribution < 1.29 is 9.59 Å². The number of aryl methyl sites for hydroxylation is 1. The number of nitrogens with one attached hydrogen (secondary N) is 1. The summed E-state index contributed by atoms with van der Waals surface area (Å²) in [7, 11) is 1.66. The zero-order valence-electron chi connectivity index (χ0n) is 12.3. The minimum absolute atomic E-state index is 0.0178. The number of hydrogen-bond acceptors (Lipinski definition) is 2. The second-order valence-corrected chi connectivity index (χ2v) is 5.24. The van der Waals surface area contributed by atoms with E-state index in [0.29, 0.717) is 19.4 Å². The molecule has 1 saturated heterocycles. The second kappa shape index (κ2) is 6.07. The lowest BCUT2D eigenvalue weighted by Gasteiger charge is -2.40. The number of rotatable bonds is 3. The van der Waals surface area contributed by atoms with Gasteiger partial charge >= 0.3 is 0 Å². The maximum atomic E-state index is 12.2. The zero-order valence-corrected chi connectivity index (χ0v) is 12.3. The fourth-order valence-electron chi connectivity index (χ4n) is 3.09. The molecule has 108 valence electrons. The van der Waals surface area contributed by atoms with Crippen LogP contribution in [-0.4, -0.2) is 30.3 Å². The van der Waals surface area contributed by atoms with E-state index in [1.54, 1.807) is 7.05 Å². The smallest absolute Gasteiger partial charge is 0.225 e. The molecule has 0 aromatic heterocycles. The van der Waals surface area contributed by atoms with Gasteiger partial charge < -0.3 is 10.2 Å². The van der Waals surface area contributed by atoms with Crippen molar-refractivity contribution in [3.05, 3.63) is 35.4 Å². The van der Waals surface area contributed by atoms with Crippen LogP contribution in [-0.2, 0) is 9.59 Å². The van der Waals surface area contributed by atoms with Crippen molar-refractivity contribution >= 4 is 11.8 Å². The standard InChI is InChI=1S/C16H22N2O2/c1-4-18-14(19)10-9-13(16(20)17-3)15(18)12-8-6-5-7-11(12)2/h5-8,13,15H,4,9-10H2,1-3H3,(H,17,20)/t13-,15+/m1/s1. The number of carbonyl (C=O) groups excluding carboxylic acids is 2. The van der Waals surface area contributed by atoms with Gasteiger partial charge in [0.1, 0.15) is 0 Å². The summed E-state index contributed by atoms with van der Waals surface area (Å²) < 4.78 is 0. The van der Waals surface area contributed by atoms with Crippen LogP contribution in [0.5, 0.6) is 0 Å². The van der Waals surface area contributed by atoms with Crippen LogP contribution in [0.4, 0.5) is 0 Å². The first-order valence-corrected chi connectivity index (χ1v) is 7.16. The molecule has 20 heavy (non-hydrogen) atoms. The molecule has 1 aromatic carbocycles. The van der Waals surface area contributed by atoms with Crippen LogP contribution in [0, 0.1) is 12.8 Å². The summed E-state index contributed by atoms with van der Waals surface area (Å²) in [5, 5.41) is 2.74. The summed E-state index contributed by atoms with van der Waals surface area (Å²) in [5.41, 5.74) is 2.20. The van der Waals surface area contributed by atoms with Crippen molar-refractivity contribution in [1.29, 1.82) is 0 Å². The van der Waals surface area contributed by atoms with Crippen molar-refractivity contribution in [3.63, 3.8) is 0 Å². The van der Waals surface area contributed by atoms with E-state index in [9.17, 15) is 9.59 Å². The fraction of sp³-hybridized carbons (Fsp3) is 0.500. The monoisotopic (exact) mass is 274 g/mol. The normalized spacial score (nSPS) is 22.8. The Morgan fingerprint density at radius 1 is 1.40 bits per heavy atom. The molecule has 1 heterocycles. The number of carbonyl (C=O) groups is 2. The zero-order chi connectivity index (χ0) is 14.7. The molecule has 2 rings (SSSR count). The van der Waals surface area contributed by atoms with Crippen LogP contribution in [0.1, 0.15) is 36.9 Å². The Labute approximate surface area is 120 Å². The van der Waals surface area contributed by atoms with E-state index in [-0.39, 0.29) is 23.8 Å². The first-order chi connectivity index (χ1) is 9.60. The molecule has 0 aliphatic carbocycles. The first-order valence-electron chi connectivity index (χ1n) is 7.16. The largest absolute Gasteiger partial charge is 0.359 e. The number of amides is 2. The first kappa shape index (κ1) is 14.6. The van der Waals surface area contributed by atoms with Crippen molar-refractivity contribution in [1.82, 2.24) is 10.2 Å². The molecule has 4 heteroatoms. The van der Waals surface area contributed by atoms with E-state index in [2.05, 4.69) is 5.32 Å². The molecule has 0 unspecified atom stereocenters. The van der Waals surface area contributed by atoms with Crippen molar-refractivity contribution in [2.24, 2.45) is 5.92 Å². The molecule has 0 radical (unpaired) electrons. The lowest BCUT2D eigenvalue weighted by molar-refractivity contribution is -0.143. The van der Waals surface area contributed by atoms with Crippen LogP contribution in [0.25, 0.3) is 0 Å². The highest BCUT2D eigenvalue weighted by Crippen LogP contribution is 2.37. The number of hydrogen-bond donors (Lipinski definition) is 1. The molecule has 1 fully saturated rings. The van der Waals surface area contributed by atoms with Gasteiger partial charge in [-0.3, -0.25) is 9.59 Å². The lowest BCUT2D eigenvalue weighted by Crippen LogP contribution is -2.47. The number of nitrogens with zero attached hydrogens (tertiary/aromatic N) is 1. The van der Waals surface area contributed by atoms with Crippen LogP contribution in [0.15, 0.2) is 24.3 Å². The summed E-state index contributed by atoms with van der Waals surface area (Å²) in [4.78, 5) is 26.2. The van der Waals surface area contributed by atoms with Gasteiger partial charge in [-0.25, -0.2) is 0 Å². The maximum absolute atomic E-state index is 12.2. The summed E-state index contributed by atoms with van der Waals surface area (Å²) in [5.74, 6) is -0.0103. The van der Waals surface area contributed by atoms with Crippen LogP contribution in [0.3, 0.4) is 0 Å². The second-order valence-electron chi connectivity index (χ2n) is 5.24. The van der Waals surface area contributed by atoms with Gasteiger partial charge in [0.05, 0.1) is 12.0 Å². The molecule has 2 amide bonds. The molecular formula is C16H22N2O2. The molecule has 0 spiro atoms. The van der Waals surface area contributed by atoms with Gasteiger partial charge in [-0.05, 0) is 31.4 Å². The predicted molar refractivity (Wildman–Crippen MR) is 78.1 cm³/mol. The number of piperidine rings is 1. The molecule has 4 nitrogen and oxygen atoms in total. The summed E-state index contributed by atoms with van der Waals surface area (Å²) in [6.07, 6.45) is 1.07. The van der Waals surface area contributed by atoms with Crippen molar-refractivity contribution in [2.45, 2.75) is 32.7 Å². The predicted octanol–water partition coefficient (Wildman–Crippen LogP) is 2.04. The van der Waals surface area contributed by atoms with Gasteiger partial charge in [0.15, 0.2) is 0 Å². The Morgan fingerprint density at radius 3 is 2.70 bits per heavy atom. The molecule has 2 atom stereocenters. The van der Waals surface area contributed by atoms with Crippen molar-refractivity contribution in [2.75, 3.05) is 13.6 Å². The average Bonchev–Trinajstić information content (AvgIpc) is 2.46. The van der Waals surface area contributed by atoms with Gasteiger partial charge in [-0.15, -0.1) is 0 Å². The molecule has 1 aliphatic rings. The third-order valence-corrected chi connectivity index (χ3v) is 4.14. The van der Waals surface area contributed by atoms with E-state index < -0.39 is 0 Å². The van der Waals surface area contributed by atoms with E-state index in [4.69, 9.17) is 0 Å². The maximum Gasteiger partial charge on any atom is 0.225 e. The SMILES string of the molecule is CCN1C(=O)CC[C@@H](C(=O)NC)[C@@H]1c1ccccc1C. The van der Waals surface area contributed by atoms with Gasteiger partial charge in [0, 0.05) is 20.0 Å². The van der Waals surface area contributed by atoms with E-state index in [1.165, 1.54) is 0 Å². The van der Waals surface area contributed by atoms with Gasteiger partial charge in [-0.2, -0.15) is 0 Å². The quantitative estimate of drug-likeness (QED) is 0.917. The Balaban J connectivity index is 2.46. The third kappa shape index (κ3) is 2.55. The molecule has 1 N–H and O–H groups in total. The van der Waals surface area contributed by atoms with E-state index >= 15 is 0 Å². The van der Waals surface area contributed by atoms with E-state index in [1.807, 2.05) is 43.0 Å². The highest BCUT2D eigenvalue weighted by molar-refractivity contribution is 5.85. The summed E-state index contributed by atoms with van der Waals surface area (Å²) >= 11 is 0. The van der Waals surface area contributed by atoms with Gasteiger partial charge in [0.2, 0.25) is 11.8 Å². The molecule has 1 aliphatic heterocycles. The lowest BCUT2D eigenvalue weighted by atomic mass is 9.82. The summed E-state index contributed by atoms with van der Waals surface area (Å²) in [6, 6.07) is 7.85. The molecular weight excluding hydrogens is 252 g/mol. The van der Waals surface area contributed by atoms with E-state index in [0.717, 1.165) is 11.1 Å². The Kier molecular flexibility index (Phi) is 4.42. The third-order valence-electron chi connectivity index (χ3n) is 4.14. The van der Waals surface area contributed by atoms with Gasteiger partial charge in [0.25, 0.3) is 0 Å². The number of benzene rings is 1. The van der Waals surface area contributed by atoms with Crippen LogP contribution < -0.4 is 5.32 Å². The highest BCUT2D eigenvalue weighted by atomic mass is 16.2. The average molecular weight is 274 g/mol. The minimum Gasteiger partial charge on any atom is -0.359 e. The van der Waals surface area contributed by atoms with Crippen LogP contribution >= 0.6 is 0 Å².